The Morgan fingerprint density at radius 3 is 2.53 bits per heavy atom. The monoisotopic (exact) mass is 268 g/mol. The average Bonchev–Trinajstić information content (AvgIpc) is 2.89. The summed E-state index contributed by atoms with van der Waals surface area (Å²) in [5.41, 5.74) is 6.41. The van der Waals surface area contributed by atoms with Crippen LogP contribution in [0.3, 0.4) is 0 Å². The third kappa shape index (κ3) is 2.95. The zero-order valence-corrected chi connectivity index (χ0v) is 11.6. The van der Waals surface area contributed by atoms with Gasteiger partial charge in [-0.25, -0.2) is 8.78 Å². The van der Waals surface area contributed by atoms with Gasteiger partial charge in [0.2, 0.25) is 0 Å². The maximum absolute atomic E-state index is 13.7. The van der Waals surface area contributed by atoms with E-state index in [-0.39, 0.29) is 11.6 Å². The van der Waals surface area contributed by atoms with Gasteiger partial charge in [-0.15, -0.1) is 0 Å². The second-order valence-electron chi connectivity index (χ2n) is 5.87. The van der Waals surface area contributed by atoms with Crippen LogP contribution in [-0.4, -0.2) is 29.6 Å². The summed E-state index contributed by atoms with van der Waals surface area (Å²) >= 11 is 0. The molecule has 4 heteroatoms. The number of rotatable bonds is 4. The summed E-state index contributed by atoms with van der Waals surface area (Å²) < 4.78 is 26.9. The highest BCUT2D eigenvalue weighted by atomic mass is 19.2. The van der Waals surface area contributed by atoms with Gasteiger partial charge in [-0.05, 0) is 57.8 Å². The van der Waals surface area contributed by atoms with E-state index in [1.165, 1.54) is 18.9 Å². The zero-order chi connectivity index (χ0) is 14.0. The topological polar surface area (TPSA) is 29.3 Å². The number of halogens is 2. The van der Waals surface area contributed by atoms with E-state index in [0.717, 1.165) is 19.2 Å². The molecule has 19 heavy (non-hydrogen) atoms. The number of nitrogens with two attached hydrogens (primary N) is 1. The van der Waals surface area contributed by atoms with Crippen molar-refractivity contribution in [2.75, 3.05) is 13.1 Å². The van der Waals surface area contributed by atoms with Gasteiger partial charge in [0, 0.05) is 11.6 Å². The molecule has 1 aliphatic heterocycles. The molecule has 2 nitrogen and oxygen atoms in total. The number of nitrogens with zero attached hydrogens (tertiary/aromatic N) is 1. The van der Waals surface area contributed by atoms with Crippen molar-refractivity contribution in [1.82, 2.24) is 4.90 Å². The van der Waals surface area contributed by atoms with Gasteiger partial charge in [0.05, 0.1) is 0 Å². The Morgan fingerprint density at radius 2 is 1.89 bits per heavy atom. The molecule has 0 radical (unpaired) electrons. The molecule has 0 amide bonds. The van der Waals surface area contributed by atoms with E-state index < -0.39 is 11.6 Å². The molecule has 1 aromatic rings. The smallest absolute Gasteiger partial charge is 0.162 e. The first-order valence-electron chi connectivity index (χ1n) is 6.86. The summed E-state index contributed by atoms with van der Waals surface area (Å²) in [4.78, 5) is 2.34. The number of hydrogen-bond donors (Lipinski definition) is 1. The molecule has 106 valence electrons. The van der Waals surface area contributed by atoms with E-state index in [4.69, 9.17) is 5.73 Å². The van der Waals surface area contributed by atoms with Crippen LogP contribution in [0.15, 0.2) is 18.2 Å². The molecule has 0 aromatic heterocycles. The minimum absolute atomic E-state index is 0.199. The Kier molecular flexibility index (Phi) is 4.21. The number of likely N-dealkylation sites (tertiary alicyclic amines) is 1. The van der Waals surface area contributed by atoms with Crippen molar-refractivity contribution in [1.29, 1.82) is 0 Å². The van der Waals surface area contributed by atoms with Crippen LogP contribution in [0.5, 0.6) is 0 Å². The lowest BCUT2D eigenvalue weighted by Gasteiger charge is -2.40. The van der Waals surface area contributed by atoms with E-state index in [1.54, 1.807) is 6.07 Å². The highest BCUT2D eigenvalue weighted by Crippen LogP contribution is 2.26. The summed E-state index contributed by atoms with van der Waals surface area (Å²) in [7, 11) is 0. The molecular weight excluding hydrogens is 246 g/mol. The third-order valence-corrected chi connectivity index (χ3v) is 4.30. The molecule has 1 saturated heterocycles. The van der Waals surface area contributed by atoms with Crippen LogP contribution in [-0.2, 0) is 6.42 Å². The first-order chi connectivity index (χ1) is 8.93. The minimum atomic E-state index is -0.802. The van der Waals surface area contributed by atoms with E-state index >= 15 is 0 Å². The molecule has 0 spiro atoms. The lowest BCUT2D eigenvalue weighted by molar-refractivity contribution is 0.123. The Balaban J connectivity index is 2.11. The quantitative estimate of drug-likeness (QED) is 0.909. The van der Waals surface area contributed by atoms with Crippen molar-refractivity contribution in [2.45, 2.75) is 44.7 Å². The van der Waals surface area contributed by atoms with Gasteiger partial charge in [-0.3, -0.25) is 4.90 Å². The fraction of sp³-hybridized carbons (Fsp3) is 0.600. The summed E-state index contributed by atoms with van der Waals surface area (Å²) in [6.45, 7) is 6.24. The van der Waals surface area contributed by atoms with Crippen molar-refractivity contribution < 1.29 is 8.78 Å². The van der Waals surface area contributed by atoms with Gasteiger partial charge in [0.1, 0.15) is 0 Å². The molecule has 0 bridgehead atoms. The largest absolute Gasteiger partial charge is 0.326 e. The molecule has 1 aliphatic rings. The van der Waals surface area contributed by atoms with E-state index in [9.17, 15) is 8.78 Å². The highest BCUT2D eigenvalue weighted by Gasteiger charge is 2.35. The van der Waals surface area contributed by atoms with E-state index in [1.807, 2.05) is 0 Å². The van der Waals surface area contributed by atoms with Crippen molar-refractivity contribution in [3.05, 3.63) is 35.4 Å². The predicted octanol–water partition coefficient (Wildman–Crippen LogP) is 2.71. The molecule has 1 heterocycles. The van der Waals surface area contributed by atoms with Crippen LogP contribution in [0.25, 0.3) is 0 Å². The highest BCUT2D eigenvalue weighted by molar-refractivity contribution is 5.21. The Hall–Kier alpha value is -1.00. The summed E-state index contributed by atoms with van der Waals surface area (Å²) in [5, 5.41) is 0. The van der Waals surface area contributed by atoms with Gasteiger partial charge < -0.3 is 5.73 Å². The first-order valence-corrected chi connectivity index (χ1v) is 6.86. The molecule has 1 fully saturated rings. The fourth-order valence-corrected chi connectivity index (χ4v) is 2.72. The lowest BCUT2D eigenvalue weighted by atomic mass is 9.88. The maximum Gasteiger partial charge on any atom is 0.162 e. The van der Waals surface area contributed by atoms with E-state index in [2.05, 4.69) is 18.7 Å². The number of hydrogen-bond acceptors (Lipinski definition) is 2. The molecular formula is C15H22F2N2. The first kappa shape index (κ1) is 14.4. The fourth-order valence-electron chi connectivity index (χ4n) is 2.72. The molecule has 0 saturated carbocycles. The van der Waals surface area contributed by atoms with Gasteiger partial charge in [-0.1, -0.05) is 12.1 Å². The number of benzene rings is 1. The van der Waals surface area contributed by atoms with Crippen LogP contribution < -0.4 is 5.73 Å². The zero-order valence-electron chi connectivity index (χ0n) is 11.6. The Morgan fingerprint density at radius 1 is 1.26 bits per heavy atom. The Labute approximate surface area is 113 Å². The van der Waals surface area contributed by atoms with Crippen LogP contribution in [0.4, 0.5) is 8.78 Å². The second kappa shape index (κ2) is 5.55. The summed E-state index contributed by atoms with van der Waals surface area (Å²) in [6, 6.07) is 4.05. The maximum atomic E-state index is 13.7. The molecule has 0 aliphatic carbocycles. The molecule has 2 rings (SSSR count). The SMILES string of the molecule is CC(C)(C(N)Cc1cccc(F)c1F)N1CCCC1. The Bertz CT molecular complexity index is 440. The van der Waals surface area contributed by atoms with Gasteiger partial charge in [0.25, 0.3) is 0 Å². The summed E-state index contributed by atoms with van der Waals surface area (Å²) in [5.74, 6) is -1.57. The van der Waals surface area contributed by atoms with Crippen LogP contribution in [0.2, 0.25) is 0 Å². The van der Waals surface area contributed by atoms with Crippen molar-refractivity contribution in [2.24, 2.45) is 5.73 Å². The summed E-state index contributed by atoms with van der Waals surface area (Å²) in [6.07, 6.45) is 2.72. The van der Waals surface area contributed by atoms with Crippen LogP contribution >= 0.6 is 0 Å². The normalized spacial score (nSPS) is 18.8. The van der Waals surface area contributed by atoms with Crippen molar-refractivity contribution >= 4 is 0 Å². The van der Waals surface area contributed by atoms with Crippen molar-refractivity contribution in [3.8, 4) is 0 Å². The average molecular weight is 268 g/mol. The van der Waals surface area contributed by atoms with Crippen LogP contribution in [0, 0.1) is 11.6 Å². The molecule has 1 unspecified atom stereocenters. The minimum Gasteiger partial charge on any atom is -0.326 e. The van der Waals surface area contributed by atoms with Crippen molar-refractivity contribution in [3.63, 3.8) is 0 Å². The molecule has 2 N–H and O–H groups in total. The third-order valence-electron chi connectivity index (χ3n) is 4.30. The molecule has 1 aromatic carbocycles. The van der Waals surface area contributed by atoms with Crippen LogP contribution in [0.1, 0.15) is 32.3 Å². The van der Waals surface area contributed by atoms with E-state index in [0.29, 0.717) is 12.0 Å². The second-order valence-corrected chi connectivity index (χ2v) is 5.87. The lowest BCUT2D eigenvalue weighted by Crippen LogP contribution is -2.56. The standard InChI is InChI=1S/C15H22F2N2/c1-15(2,19-8-3-4-9-19)13(18)10-11-6-5-7-12(16)14(11)17/h5-7,13H,3-4,8-10,18H2,1-2H3. The van der Waals surface area contributed by atoms with Gasteiger partial charge >= 0.3 is 0 Å². The molecule has 1 atom stereocenters. The van der Waals surface area contributed by atoms with Gasteiger partial charge in [0.15, 0.2) is 11.6 Å². The van der Waals surface area contributed by atoms with Gasteiger partial charge in [-0.2, -0.15) is 0 Å². The predicted molar refractivity (Wildman–Crippen MR) is 72.9 cm³/mol.